The molecule has 1 aliphatic rings. The fourth-order valence-corrected chi connectivity index (χ4v) is 3.60. The number of benzene rings is 2. The number of nitrogens with zero attached hydrogens (tertiary/aromatic N) is 1. The maximum atomic E-state index is 13.3. The number of halogens is 1. The van der Waals surface area contributed by atoms with Crippen molar-refractivity contribution in [2.75, 3.05) is 13.1 Å². The lowest BCUT2D eigenvalue weighted by Gasteiger charge is -2.39. The van der Waals surface area contributed by atoms with Gasteiger partial charge in [0.25, 0.3) is 5.91 Å². The molecule has 2 aromatic rings. The van der Waals surface area contributed by atoms with Crippen LogP contribution in [-0.2, 0) is 11.3 Å². The van der Waals surface area contributed by atoms with Crippen LogP contribution in [-0.4, -0.2) is 29.8 Å². The van der Waals surface area contributed by atoms with Crippen molar-refractivity contribution in [2.24, 2.45) is 5.41 Å². The van der Waals surface area contributed by atoms with Gasteiger partial charge in [0.15, 0.2) is 0 Å². The minimum absolute atomic E-state index is 0.0393. The van der Waals surface area contributed by atoms with Gasteiger partial charge in [0, 0.05) is 25.2 Å². The molecule has 2 aromatic carbocycles. The normalized spacial score (nSPS) is 19.6. The van der Waals surface area contributed by atoms with Gasteiger partial charge in [0.1, 0.15) is 5.82 Å². The fraction of sp³-hybridized carbons (Fsp3) is 0.364. The van der Waals surface area contributed by atoms with Crippen molar-refractivity contribution >= 4 is 11.8 Å². The summed E-state index contributed by atoms with van der Waals surface area (Å²) in [6.07, 6.45) is 1.50. The predicted octanol–water partition coefficient (Wildman–Crippen LogP) is 3.69. The molecule has 5 heteroatoms. The van der Waals surface area contributed by atoms with E-state index < -0.39 is 5.41 Å². The molecular weight excluding hydrogens is 343 g/mol. The molecule has 0 radical (unpaired) electrons. The second kappa shape index (κ2) is 7.91. The minimum Gasteiger partial charge on any atom is -0.351 e. The number of hydrogen-bond donors (Lipinski definition) is 1. The van der Waals surface area contributed by atoms with E-state index in [2.05, 4.69) is 5.32 Å². The van der Waals surface area contributed by atoms with Crippen LogP contribution in [0.3, 0.4) is 0 Å². The van der Waals surface area contributed by atoms with Crippen LogP contribution in [0.2, 0.25) is 0 Å². The van der Waals surface area contributed by atoms with E-state index in [0.29, 0.717) is 18.7 Å². The smallest absolute Gasteiger partial charge is 0.253 e. The molecule has 2 amide bonds. The maximum Gasteiger partial charge on any atom is 0.253 e. The summed E-state index contributed by atoms with van der Waals surface area (Å²) >= 11 is 0. The lowest BCUT2D eigenvalue weighted by Crippen LogP contribution is -2.51. The molecule has 0 spiro atoms. The van der Waals surface area contributed by atoms with Gasteiger partial charge in [-0.2, -0.15) is 0 Å². The van der Waals surface area contributed by atoms with E-state index in [9.17, 15) is 14.0 Å². The number of rotatable bonds is 4. The molecule has 1 heterocycles. The van der Waals surface area contributed by atoms with Gasteiger partial charge in [0.05, 0.1) is 5.41 Å². The zero-order chi connectivity index (χ0) is 19.4. The first-order valence-corrected chi connectivity index (χ1v) is 9.26. The van der Waals surface area contributed by atoms with E-state index in [4.69, 9.17) is 0 Å². The quantitative estimate of drug-likeness (QED) is 0.895. The molecule has 3 rings (SSSR count). The number of likely N-dealkylation sites (tertiary alicyclic amines) is 1. The van der Waals surface area contributed by atoms with Crippen molar-refractivity contribution < 1.29 is 14.0 Å². The van der Waals surface area contributed by atoms with Crippen LogP contribution >= 0.6 is 0 Å². The van der Waals surface area contributed by atoms with E-state index in [1.807, 2.05) is 38.1 Å². The molecule has 1 fully saturated rings. The van der Waals surface area contributed by atoms with Crippen molar-refractivity contribution in [1.82, 2.24) is 10.2 Å². The molecule has 1 aliphatic heterocycles. The summed E-state index contributed by atoms with van der Waals surface area (Å²) in [5, 5.41) is 2.90. The summed E-state index contributed by atoms with van der Waals surface area (Å²) in [4.78, 5) is 27.4. The van der Waals surface area contributed by atoms with E-state index in [0.717, 1.165) is 24.0 Å². The monoisotopic (exact) mass is 368 g/mol. The zero-order valence-corrected chi connectivity index (χ0v) is 15.8. The molecule has 1 unspecified atom stereocenters. The van der Waals surface area contributed by atoms with Gasteiger partial charge < -0.3 is 10.2 Å². The number of amides is 2. The molecule has 1 saturated heterocycles. The average molecular weight is 368 g/mol. The third-order valence-corrected chi connectivity index (χ3v) is 5.14. The van der Waals surface area contributed by atoms with E-state index >= 15 is 0 Å². The van der Waals surface area contributed by atoms with E-state index in [-0.39, 0.29) is 24.2 Å². The Morgan fingerprint density at radius 2 is 1.96 bits per heavy atom. The number of piperidine rings is 1. The van der Waals surface area contributed by atoms with Crippen molar-refractivity contribution in [3.8, 4) is 0 Å². The number of aryl methyl sites for hydroxylation is 1. The number of carbonyl (C=O) groups is 2. The average Bonchev–Trinajstić information content (AvgIpc) is 2.65. The molecular formula is C22H25FN2O2. The van der Waals surface area contributed by atoms with Crippen LogP contribution in [0.5, 0.6) is 0 Å². The molecule has 1 atom stereocenters. The van der Waals surface area contributed by atoms with Crippen molar-refractivity contribution in [3.63, 3.8) is 0 Å². The lowest BCUT2D eigenvalue weighted by atomic mass is 9.80. The zero-order valence-electron chi connectivity index (χ0n) is 15.8. The molecule has 0 aliphatic carbocycles. The lowest BCUT2D eigenvalue weighted by molar-refractivity contribution is -0.132. The highest BCUT2D eigenvalue weighted by Gasteiger charge is 2.39. The number of nitrogens with one attached hydrogen (secondary N) is 1. The van der Waals surface area contributed by atoms with Crippen LogP contribution in [0.1, 0.15) is 41.3 Å². The Hall–Kier alpha value is -2.69. The van der Waals surface area contributed by atoms with Crippen LogP contribution < -0.4 is 5.32 Å². The second-order valence-electron chi connectivity index (χ2n) is 7.57. The molecule has 0 saturated carbocycles. The van der Waals surface area contributed by atoms with Crippen LogP contribution in [0, 0.1) is 18.2 Å². The highest BCUT2D eigenvalue weighted by Crippen LogP contribution is 2.30. The van der Waals surface area contributed by atoms with Gasteiger partial charge in [-0.15, -0.1) is 0 Å². The first-order valence-electron chi connectivity index (χ1n) is 9.26. The summed E-state index contributed by atoms with van der Waals surface area (Å²) in [6.45, 7) is 5.16. The van der Waals surface area contributed by atoms with Gasteiger partial charge in [-0.3, -0.25) is 9.59 Å². The van der Waals surface area contributed by atoms with Gasteiger partial charge in [-0.05, 0) is 56.5 Å². The van der Waals surface area contributed by atoms with E-state index in [1.165, 1.54) is 12.1 Å². The first-order chi connectivity index (χ1) is 12.9. The van der Waals surface area contributed by atoms with Gasteiger partial charge >= 0.3 is 0 Å². The van der Waals surface area contributed by atoms with Crippen molar-refractivity contribution in [2.45, 2.75) is 33.2 Å². The Bertz CT molecular complexity index is 852. The molecule has 0 bridgehead atoms. The van der Waals surface area contributed by atoms with E-state index in [1.54, 1.807) is 17.0 Å². The number of hydrogen-bond acceptors (Lipinski definition) is 2. The summed E-state index contributed by atoms with van der Waals surface area (Å²) in [6, 6.07) is 13.7. The summed E-state index contributed by atoms with van der Waals surface area (Å²) in [7, 11) is 0. The van der Waals surface area contributed by atoms with Gasteiger partial charge in [-0.25, -0.2) is 4.39 Å². The van der Waals surface area contributed by atoms with Crippen LogP contribution in [0.25, 0.3) is 0 Å². The van der Waals surface area contributed by atoms with Crippen LogP contribution in [0.15, 0.2) is 48.5 Å². The van der Waals surface area contributed by atoms with Gasteiger partial charge in [0.2, 0.25) is 5.91 Å². The highest BCUT2D eigenvalue weighted by molar-refractivity contribution is 5.95. The Kier molecular flexibility index (Phi) is 5.59. The first kappa shape index (κ1) is 19.1. The van der Waals surface area contributed by atoms with Crippen molar-refractivity contribution in [3.05, 3.63) is 71.0 Å². The topological polar surface area (TPSA) is 49.4 Å². The summed E-state index contributed by atoms with van der Waals surface area (Å²) in [5.74, 6) is -0.461. The molecule has 142 valence electrons. The molecule has 4 nitrogen and oxygen atoms in total. The maximum absolute atomic E-state index is 13.3. The molecule has 0 aromatic heterocycles. The Balaban J connectivity index is 1.66. The molecule has 27 heavy (non-hydrogen) atoms. The standard InChI is InChI=1S/C22H25FN2O2/c1-16-6-3-8-18(12-16)20(26)25-11-5-10-22(2,15-25)21(27)24-14-17-7-4-9-19(23)13-17/h3-4,6-9,12-13H,5,10-11,14-15H2,1-2H3,(H,24,27). The SMILES string of the molecule is Cc1cccc(C(=O)N2CCCC(C)(C(=O)NCc3cccc(F)c3)C2)c1. The Labute approximate surface area is 159 Å². The Morgan fingerprint density at radius 3 is 2.70 bits per heavy atom. The third-order valence-electron chi connectivity index (χ3n) is 5.14. The van der Waals surface area contributed by atoms with Gasteiger partial charge in [-0.1, -0.05) is 29.8 Å². The van der Waals surface area contributed by atoms with Crippen LogP contribution in [0.4, 0.5) is 4.39 Å². The minimum atomic E-state index is -0.648. The summed E-state index contributed by atoms with van der Waals surface area (Å²) in [5.41, 5.74) is 1.76. The summed E-state index contributed by atoms with van der Waals surface area (Å²) < 4.78 is 13.3. The highest BCUT2D eigenvalue weighted by atomic mass is 19.1. The second-order valence-corrected chi connectivity index (χ2v) is 7.57. The fourth-order valence-electron chi connectivity index (χ4n) is 3.60. The number of carbonyl (C=O) groups excluding carboxylic acids is 2. The largest absolute Gasteiger partial charge is 0.351 e. The van der Waals surface area contributed by atoms with Crippen molar-refractivity contribution in [1.29, 1.82) is 0 Å². The molecule has 1 N–H and O–H groups in total. The third kappa shape index (κ3) is 4.54. The Morgan fingerprint density at radius 1 is 1.19 bits per heavy atom. The predicted molar refractivity (Wildman–Crippen MR) is 103 cm³/mol.